The first-order valence-electron chi connectivity index (χ1n) is 7.17. The Kier molecular flexibility index (Phi) is 3.55. The molecule has 1 amide bonds. The molecule has 1 aromatic rings. The smallest absolute Gasteiger partial charge is 0.222 e. The second-order valence-electron chi connectivity index (χ2n) is 5.62. The van der Waals surface area contributed by atoms with Crippen LogP contribution < -0.4 is 0 Å². The van der Waals surface area contributed by atoms with Crippen LogP contribution >= 0.6 is 0 Å². The summed E-state index contributed by atoms with van der Waals surface area (Å²) in [6.45, 7) is 2.63. The van der Waals surface area contributed by atoms with Crippen LogP contribution in [0.3, 0.4) is 0 Å². The summed E-state index contributed by atoms with van der Waals surface area (Å²) in [6, 6.07) is 0. The van der Waals surface area contributed by atoms with Gasteiger partial charge < -0.3 is 9.64 Å². The molecule has 0 unspecified atom stereocenters. The average Bonchev–Trinajstić information content (AvgIpc) is 2.90. The standard InChI is InChI=1S/C14H21N3O2/c18-13(3-1-2-12-10-15-16-11-12)17-7-4-14(5-8-17)6-9-19-14/h10-11H,1-9H2,(H,15,16). The molecule has 5 heteroatoms. The van der Waals surface area contributed by atoms with Gasteiger partial charge in [0.05, 0.1) is 18.4 Å². The maximum absolute atomic E-state index is 12.1. The van der Waals surface area contributed by atoms with Crippen LogP contribution in [-0.2, 0) is 16.0 Å². The molecule has 0 bridgehead atoms. The second kappa shape index (κ2) is 5.33. The monoisotopic (exact) mass is 263 g/mol. The Hall–Kier alpha value is -1.36. The first-order chi connectivity index (χ1) is 9.27. The molecule has 0 aromatic carbocycles. The van der Waals surface area contributed by atoms with Gasteiger partial charge in [-0.3, -0.25) is 9.89 Å². The van der Waals surface area contributed by atoms with E-state index in [0.29, 0.717) is 6.42 Å². The summed E-state index contributed by atoms with van der Waals surface area (Å²) in [5, 5.41) is 6.70. The molecule has 0 saturated carbocycles. The summed E-state index contributed by atoms with van der Waals surface area (Å²) in [6.07, 6.45) is 9.38. The third-order valence-corrected chi connectivity index (χ3v) is 4.40. The molecule has 19 heavy (non-hydrogen) atoms. The van der Waals surface area contributed by atoms with E-state index in [4.69, 9.17) is 4.74 Å². The van der Waals surface area contributed by atoms with Gasteiger partial charge in [0.1, 0.15) is 0 Å². The molecule has 0 radical (unpaired) electrons. The fourth-order valence-corrected chi connectivity index (χ4v) is 2.96. The van der Waals surface area contributed by atoms with Crippen molar-refractivity contribution in [1.82, 2.24) is 15.1 Å². The number of aryl methyl sites for hydroxylation is 1. The van der Waals surface area contributed by atoms with Crippen LogP contribution in [-0.4, -0.2) is 46.3 Å². The van der Waals surface area contributed by atoms with Crippen LogP contribution in [0, 0.1) is 0 Å². The van der Waals surface area contributed by atoms with Crippen LogP contribution in [0.4, 0.5) is 0 Å². The lowest BCUT2D eigenvalue weighted by molar-refractivity contribution is -0.176. The lowest BCUT2D eigenvalue weighted by Gasteiger charge is -2.47. The van der Waals surface area contributed by atoms with Crippen molar-refractivity contribution in [3.8, 4) is 0 Å². The largest absolute Gasteiger partial charge is 0.375 e. The number of likely N-dealkylation sites (tertiary alicyclic amines) is 1. The number of nitrogens with one attached hydrogen (secondary N) is 1. The van der Waals surface area contributed by atoms with E-state index in [1.54, 1.807) is 0 Å². The van der Waals surface area contributed by atoms with Gasteiger partial charge in [0.25, 0.3) is 0 Å². The number of H-pyrrole nitrogens is 1. The molecule has 104 valence electrons. The van der Waals surface area contributed by atoms with Gasteiger partial charge in [-0.2, -0.15) is 5.10 Å². The normalized spacial score (nSPS) is 21.4. The summed E-state index contributed by atoms with van der Waals surface area (Å²) >= 11 is 0. The number of aromatic nitrogens is 2. The predicted octanol–water partition coefficient (Wildman–Crippen LogP) is 1.51. The number of ether oxygens (including phenoxy) is 1. The van der Waals surface area contributed by atoms with Crippen LogP contribution in [0.5, 0.6) is 0 Å². The molecule has 3 heterocycles. The number of aromatic amines is 1. The van der Waals surface area contributed by atoms with Gasteiger partial charge in [-0.05, 0) is 37.7 Å². The molecule has 0 atom stereocenters. The molecule has 1 spiro atoms. The highest BCUT2D eigenvalue weighted by atomic mass is 16.5. The van der Waals surface area contributed by atoms with Crippen LogP contribution in [0.25, 0.3) is 0 Å². The van der Waals surface area contributed by atoms with E-state index in [0.717, 1.165) is 45.4 Å². The molecule has 2 aliphatic heterocycles. The van der Waals surface area contributed by atoms with Crippen molar-refractivity contribution in [2.75, 3.05) is 19.7 Å². The molecule has 1 N–H and O–H groups in total. The quantitative estimate of drug-likeness (QED) is 0.896. The average molecular weight is 263 g/mol. The fourth-order valence-electron chi connectivity index (χ4n) is 2.96. The van der Waals surface area contributed by atoms with E-state index < -0.39 is 0 Å². The summed E-state index contributed by atoms with van der Waals surface area (Å²) < 4.78 is 5.67. The van der Waals surface area contributed by atoms with Crippen molar-refractivity contribution in [2.45, 2.75) is 44.1 Å². The molecular formula is C14H21N3O2. The minimum absolute atomic E-state index is 0.133. The zero-order chi connectivity index (χ0) is 13.1. The third-order valence-electron chi connectivity index (χ3n) is 4.40. The number of rotatable bonds is 4. The van der Waals surface area contributed by atoms with Crippen molar-refractivity contribution in [1.29, 1.82) is 0 Å². The first-order valence-corrected chi connectivity index (χ1v) is 7.17. The van der Waals surface area contributed by atoms with Gasteiger partial charge in [-0.1, -0.05) is 0 Å². The number of carbonyl (C=O) groups is 1. The Bertz CT molecular complexity index is 416. The summed E-state index contributed by atoms with van der Waals surface area (Å²) in [5.74, 6) is 0.290. The number of hydrogen-bond donors (Lipinski definition) is 1. The molecule has 1 aromatic heterocycles. The van der Waals surface area contributed by atoms with Crippen LogP contribution in [0.2, 0.25) is 0 Å². The van der Waals surface area contributed by atoms with Crippen molar-refractivity contribution < 1.29 is 9.53 Å². The van der Waals surface area contributed by atoms with E-state index >= 15 is 0 Å². The van der Waals surface area contributed by atoms with Gasteiger partial charge >= 0.3 is 0 Å². The molecule has 2 aliphatic rings. The maximum Gasteiger partial charge on any atom is 0.222 e. The fraction of sp³-hybridized carbons (Fsp3) is 0.714. The SMILES string of the molecule is O=C(CCCc1cn[nH]c1)N1CCC2(CCO2)CC1. The number of carbonyl (C=O) groups excluding carboxylic acids is 1. The molecule has 3 rings (SSSR count). The molecular weight excluding hydrogens is 242 g/mol. The summed E-state index contributed by atoms with van der Waals surface area (Å²) in [7, 11) is 0. The van der Waals surface area contributed by atoms with Crippen molar-refractivity contribution in [3.63, 3.8) is 0 Å². The van der Waals surface area contributed by atoms with Crippen molar-refractivity contribution in [3.05, 3.63) is 18.0 Å². The third kappa shape index (κ3) is 2.81. The van der Waals surface area contributed by atoms with Gasteiger partial charge in [0, 0.05) is 25.7 Å². The lowest BCUT2D eigenvalue weighted by atomic mass is 9.84. The van der Waals surface area contributed by atoms with Crippen molar-refractivity contribution >= 4 is 5.91 Å². The number of piperidine rings is 1. The van der Waals surface area contributed by atoms with E-state index in [9.17, 15) is 4.79 Å². The van der Waals surface area contributed by atoms with Gasteiger partial charge in [0.15, 0.2) is 0 Å². The Morgan fingerprint density at radius 2 is 2.21 bits per heavy atom. The maximum atomic E-state index is 12.1. The predicted molar refractivity (Wildman–Crippen MR) is 70.6 cm³/mol. The highest BCUT2D eigenvalue weighted by molar-refractivity contribution is 5.76. The van der Waals surface area contributed by atoms with Crippen LogP contribution in [0.1, 0.15) is 37.7 Å². The number of hydrogen-bond acceptors (Lipinski definition) is 3. The molecule has 2 fully saturated rings. The number of amides is 1. The Morgan fingerprint density at radius 1 is 1.42 bits per heavy atom. The van der Waals surface area contributed by atoms with Crippen LogP contribution in [0.15, 0.2) is 12.4 Å². The second-order valence-corrected chi connectivity index (χ2v) is 5.62. The Labute approximate surface area is 113 Å². The highest BCUT2D eigenvalue weighted by Gasteiger charge is 2.41. The van der Waals surface area contributed by atoms with Gasteiger partial charge in [0.2, 0.25) is 5.91 Å². The lowest BCUT2D eigenvalue weighted by Crippen LogP contribution is -2.53. The zero-order valence-corrected chi connectivity index (χ0v) is 11.2. The van der Waals surface area contributed by atoms with E-state index in [1.807, 2.05) is 17.3 Å². The topological polar surface area (TPSA) is 58.2 Å². The van der Waals surface area contributed by atoms with Gasteiger partial charge in [-0.25, -0.2) is 0 Å². The molecule has 0 aliphatic carbocycles. The Balaban J connectivity index is 1.39. The summed E-state index contributed by atoms with van der Waals surface area (Å²) in [4.78, 5) is 14.1. The zero-order valence-electron chi connectivity index (χ0n) is 11.2. The van der Waals surface area contributed by atoms with E-state index in [2.05, 4.69) is 10.2 Å². The highest BCUT2D eigenvalue weighted by Crippen LogP contribution is 2.36. The minimum atomic E-state index is 0.133. The minimum Gasteiger partial charge on any atom is -0.375 e. The number of nitrogens with zero attached hydrogens (tertiary/aromatic N) is 2. The van der Waals surface area contributed by atoms with E-state index in [-0.39, 0.29) is 11.5 Å². The van der Waals surface area contributed by atoms with Crippen molar-refractivity contribution in [2.24, 2.45) is 0 Å². The van der Waals surface area contributed by atoms with Gasteiger partial charge in [-0.15, -0.1) is 0 Å². The molecule has 5 nitrogen and oxygen atoms in total. The molecule has 2 saturated heterocycles. The first kappa shape index (κ1) is 12.7. The van der Waals surface area contributed by atoms with E-state index in [1.165, 1.54) is 12.0 Å². The Morgan fingerprint density at radius 3 is 2.79 bits per heavy atom. The summed E-state index contributed by atoms with van der Waals surface area (Å²) in [5.41, 5.74) is 1.31.